The smallest absolute Gasteiger partial charge is 0.276 e. The molecule has 0 saturated heterocycles. The van der Waals surface area contributed by atoms with Gasteiger partial charge in [0.25, 0.3) is 5.91 Å². The number of nitrogens with zero attached hydrogens (tertiary/aromatic N) is 3. The summed E-state index contributed by atoms with van der Waals surface area (Å²) in [4.78, 5) is 29.5. The first kappa shape index (κ1) is 19.8. The lowest BCUT2D eigenvalue weighted by Gasteiger charge is -2.10. The van der Waals surface area contributed by atoms with Crippen LogP contribution in [0.4, 0.5) is 11.5 Å². The normalized spacial score (nSPS) is 11.1. The lowest BCUT2D eigenvalue weighted by atomic mass is 10.2. The van der Waals surface area contributed by atoms with Crippen LogP contribution in [0.1, 0.15) is 29.3 Å². The molecule has 152 valence electrons. The van der Waals surface area contributed by atoms with Crippen molar-refractivity contribution >= 4 is 44.9 Å². The second kappa shape index (κ2) is 8.08. The number of carbonyl (C=O) groups is 2. The lowest BCUT2D eigenvalue weighted by Crippen LogP contribution is -2.19. The first-order chi connectivity index (χ1) is 14.4. The van der Waals surface area contributed by atoms with Gasteiger partial charge in [0.2, 0.25) is 5.91 Å². The number of aromatic nitrogens is 3. The van der Waals surface area contributed by atoms with E-state index in [0.29, 0.717) is 11.5 Å². The molecule has 4 aromatic rings. The van der Waals surface area contributed by atoms with Crippen molar-refractivity contribution in [2.24, 2.45) is 5.92 Å². The zero-order valence-corrected chi connectivity index (χ0v) is 17.7. The van der Waals surface area contributed by atoms with Crippen LogP contribution in [-0.4, -0.2) is 26.6 Å². The van der Waals surface area contributed by atoms with Gasteiger partial charge in [0.15, 0.2) is 5.69 Å². The summed E-state index contributed by atoms with van der Waals surface area (Å²) in [5.74, 6) is -0.259. The van der Waals surface area contributed by atoms with Gasteiger partial charge in [-0.25, -0.2) is 9.67 Å². The number of aryl methyl sites for hydroxylation is 1. The van der Waals surface area contributed by atoms with E-state index < -0.39 is 0 Å². The van der Waals surface area contributed by atoms with E-state index in [4.69, 9.17) is 0 Å². The van der Waals surface area contributed by atoms with Gasteiger partial charge in [0.1, 0.15) is 5.82 Å². The average Bonchev–Trinajstić information content (AvgIpc) is 3.31. The topological polar surface area (TPSA) is 88.9 Å². The number of anilines is 2. The van der Waals surface area contributed by atoms with E-state index in [1.54, 1.807) is 22.1 Å². The quantitative estimate of drug-likeness (QED) is 0.493. The molecule has 0 fully saturated rings. The van der Waals surface area contributed by atoms with Gasteiger partial charge < -0.3 is 10.6 Å². The minimum absolute atomic E-state index is 0.148. The molecular weight excluding hydrogens is 398 g/mol. The number of hydrogen-bond donors (Lipinski definition) is 2. The van der Waals surface area contributed by atoms with E-state index in [9.17, 15) is 9.59 Å². The molecule has 4 rings (SSSR count). The van der Waals surface area contributed by atoms with Gasteiger partial charge in [-0.1, -0.05) is 32.0 Å². The van der Waals surface area contributed by atoms with E-state index in [1.807, 2.05) is 69.3 Å². The molecule has 7 nitrogen and oxygen atoms in total. The van der Waals surface area contributed by atoms with E-state index in [1.165, 1.54) is 0 Å². The summed E-state index contributed by atoms with van der Waals surface area (Å²) in [6, 6.07) is 16.5. The number of thiazole rings is 1. The van der Waals surface area contributed by atoms with Gasteiger partial charge in [-0.2, -0.15) is 5.10 Å². The molecule has 2 aromatic carbocycles. The zero-order valence-electron chi connectivity index (χ0n) is 16.8. The van der Waals surface area contributed by atoms with E-state index in [2.05, 4.69) is 20.7 Å². The van der Waals surface area contributed by atoms with Crippen LogP contribution in [0.15, 0.2) is 54.6 Å². The Labute approximate surface area is 177 Å². The van der Waals surface area contributed by atoms with Crippen LogP contribution in [0.3, 0.4) is 0 Å². The molecule has 2 N–H and O–H groups in total. The predicted octanol–water partition coefficient (Wildman–Crippen LogP) is 4.64. The van der Waals surface area contributed by atoms with Gasteiger partial charge in [-0.3, -0.25) is 9.59 Å². The van der Waals surface area contributed by atoms with Crippen molar-refractivity contribution in [3.05, 3.63) is 65.3 Å². The monoisotopic (exact) mass is 419 g/mol. The second-order valence-corrected chi connectivity index (χ2v) is 8.41. The van der Waals surface area contributed by atoms with Crippen LogP contribution in [0.5, 0.6) is 0 Å². The van der Waals surface area contributed by atoms with Crippen molar-refractivity contribution in [3.63, 3.8) is 0 Å². The Morgan fingerprint density at radius 1 is 1.03 bits per heavy atom. The third-order valence-corrected chi connectivity index (χ3v) is 5.41. The van der Waals surface area contributed by atoms with Crippen LogP contribution in [0, 0.1) is 12.8 Å². The van der Waals surface area contributed by atoms with Crippen molar-refractivity contribution in [1.82, 2.24) is 14.8 Å². The molecule has 0 spiro atoms. The molecule has 0 unspecified atom stereocenters. The number of nitrogens with one attached hydrogen (secondary N) is 2. The number of amides is 2. The second-order valence-electron chi connectivity index (χ2n) is 7.18. The highest BCUT2D eigenvalue weighted by Crippen LogP contribution is 2.25. The largest absolute Gasteiger partial charge is 0.321 e. The van der Waals surface area contributed by atoms with Gasteiger partial charge in [0, 0.05) is 17.7 Å². The van der Waals surface area contributed by atoms with Crippen molar-refractivity contribution in [2.45, 2.75) is 20.8 Å². The summed E-state index contributed by atoms with van der Waals surface area (Å²) in [6.45, 7) is 5.57. The molecule has 0 bridgehead atoms. The molecule has 0 aliphatic carbocycles. The average molecular weight is 420 g/mol. The number of benzene rings is 2. The molecule has 2 aromatic heterocycles. The summed E-state index contributed by atoms with van der Waals surface area (Å²) in [5, 5.41) is 11.1. The Hall–Kier alpha value is -3.52. The Balaban J connectivity index is 1.64. The van der Waals surface area contributed by atoms with E-state index in [0.717, 1.165) is 20.9 Å². The summed E-state index contributed by atoms with van der Waals surface area (Å²) >= 11 is 1.57. The number of hydrogen-bond acceptors (Lipinski definition) is 5. The van der Waals surface area contributed by atoms with Gasteiger partial charge in [-0.15, -0.1) is 11.3 Å². The molecule has 2 heterocycles. The van der Waals surface area contributed by atoms with Crippen molar-refractivity contribution in [3.8, 4) is 5.69 Å². The van der Waals surface area contributed by atoms with Crippen molar-refractivity contribution in [2.75, 3.05) is 10.6 Å². The van der Waals surface area contributed by atoms with Crippen LogP contribution in [0.25, 0.3) is 15.9 Å². The molecule has 0 aliphatic rings. The summed E-state index contributed by atoms with van der Waals surface area (Å²) < 4.78 is 2.57. The summed E-state index contributed by atoms with van der Waals surface area (Å²) in [6.07, 6.45) is 0. The third-order valence-electron chi connectivity index (χ3n) is 4.47. The molecule has 2 amide bonds. The number of rotatable bonds is 5. The standard InChI is InChI=1S/C22H21N5O2S/c1-13(2)21(28)25-20-12-18(26-27(20)16-7-5-4-6-8-16)22(29)24-15-9-10-17-19(11-15)30-14(3)23-17/h4-13H,1-3H3,(H,24,29)(H,25,28). The lowest BCUT2D eigenvalue weighted by molar-refractivity contribution is -0.118. The van der Waals surface area contributed by atoms with Crippen LogP contribution >= 0.6 is 11.3 Å². The molecule has 0 atom stereocenters. The highest BCUT2D eigenvalue weighted by molar-refractivity contribution is 7.18. The highest BCUT2D eigenvalue weighted by Gasteiger charge is 2.18. The molecule has 0 aliphatic heterocycles. The van der Waals surface area contributed by atoms with Gasteiger partial charge >= 0.3 is 0 Å². The van der Waals surface area contributed by atoms with Crippen LogP contribution in [0.2, 0.25) is 0 Å². The fourth-order valence-electron chi connectivity index (χ4n) is 2.93. The van der Waals surface area contributed by atoms with Gasteiger partial charge in [-0.05, 0) is 37.3 Å². The Bertz CT molecular complexity index is 1230. The Morgan fingerprint density at radius 3 is 2.53 bits per heavy atom. The Kier molecular flexibility index (Phi) is 5.33. The molecule has 0 saturated carbocycles. The van der Waals surface area contributed by atoms with Crippen molar-refractivity contribution in [1.29, 1.82) is 0 Å². The molecular formula is C22H21N5O2S. The summed E-state index contributed by atoms with van der Waals surface area (Å²) in [5.41, 5.74) is 2.52. The Morgan fingerprint density at radius 2 is 1.80 bits per heavy atom. The molecule has 30 heavy (non-hydrogen) atoms. The third kappa shape index (κ3) is 4.08. The minimum Gasteiger partial charge on any atom is -0.321 e. The van der Waals surface area contributed by atoms with Crippen LogP contribution < -0.4 is 10.6 Å². The van der Waals surface area contributed by atoms with Gasteiger partial charge in [0.05, 0.1) is 20.9 Å². The first-order valence-electron chi connectivity index (χ1n) is 9.55. The fraction of sp³-hybridized carbons (Fsp3) is 0.182. The predicted molar refractivity (Wildman–Crippen MR) is 119 cm³/mol. The molecule has 8 heteroatoms. The van der Waals surface area contributed by atoms with E-state index in [-0.39, 0.29) is 23.4 Å². The summed E-state index contributed by atoms with van der Waals surface area (Å²) in [7, 11) is 0. The highest BCUT2D eigenvalue weighted by atomic mass is 32.1. The molecule has 0 radical (unpaired) electrons. The SMILES string of the molecule is Cc1nc2ccc(NC(=O)c3cc(NC(=O)C(C)C)n(-c4ccccc4)n3)cc2s1. The number of fused-ring (bicyclic) bond motifs is 1. The maximum absolute atomic E-state index is 12.9. The van der Waals surface area contributed by atoms with Crippen molar-refractivity contribution < 1.29 is 9.59 Å². The zero-order chi connectivity index (χ0) is 21.3. The number of carbonyl (C=O) groups excluding carboxylic acids is 2. The fourth-order valence-corrected chi connectivity index (χ4v) is 3.80. The maximum Gasteiger partial charge on any atom is 0.276 e. The number of para-hydroxylation sites is 1. The minimum atomic E-state index is -0.356. The maximum atomic E-state index is 12.9. The first-order valence-corrected chi connectivity index (χ1v) is 10.4. The van der Waals surface area contributed by atoms with E-state index >= 15 is 0 Å². The van der Waals surface area contributed by atoms with Crippen LogP contribution in [-0.2, 0) is 4.79 Å².